The number of aryl methyl sites for hydroxylation is 1. The van der Waals surface area contributed by atoms with E-state index in [-0.39, 0.29) is 5.91 Å². The Bertz CT molecular complexity index is 933. The predicted octanol–water partition coefficient (Wildman–Crippen LogP) is 3.96. The Kier molecular flexibility index (Phi) is 6.41. The Labute approximate surface area is 170 Å². The number of hydrogen-bond acceptors (Lipinski definition) is 4. The van der Waals surface area contributed by atoms with E-state index < -0.39 is 0 Å². The second-order valence-electron chi connectivity index (χ2n) is 6.87. The van der Waals surface area contributed by atoms with Crippen LogP contribution in [0, 0.1) is 13.8 Å². The summed E-state index contributed by atoms with van der Waals surface area (Å²) in [4.78, 5) is 15.4. The van der Waals surface area contributed by atoms with Crippen molar-refractivity contribution in [2.45, 2.75) is 25.3 Å². The summed E-state index contributed by atoms with van der Waals surface area (Å²) in [5.74, 6) is 0.394. The molecule has 28 heavy (non-hydrogen) atoms. The summed E-state index contributed by atoms with van der Waals surface area (Å²) in [6.07, 6.45) is 0. The molecule has 0 fully saturated rings. The molecule has 0 unspecified atom stereocenters. The Hall–Kier alpha value is -2.73. The molecule has 0 atom stereocenters. The minimum absolute atomic E-state index is 0.0212. The van der Waals surface area contributed by atoms with Crippen molar-refractivity contribution >= 4 is 23.4 Å². The van der Waals surface area contributed by atoms with E-state index in [9.17, 15) is 4.79 Å². The maximum Gasteiger partial charge on any atom is 0.230 e. The Morgan fingerprint density at radius 3 is 2.39 bits per heavy atom. The van der Waals surface area contributed by atoms with Gasteiger partial charge in [-0.1, -0.05) is 30.3 Å². The molecule has 0 saturated heterocycles. The van der Waals surface area contributed by atoms with Crippen LogP contribution in [0.2, 0.25) is 0 Å². The number of rotatable bonds is 7. The number of hydrogen-bond donors (Lipinski definition) is 1. The zero-order chi connectivity index (χ0) is 20.1. The van der Waals surface area contributed by atoms with Crippen LogP contribution in [0.15, 0.2) is 59.5 Å². The summed E-state index contributed by atoms with van der Waals surface area (Å²) in [5.41, 5.74) is 5.26. The summed E-state index contributed by atoms with van der Waals surface area (Å²) >= 11 is 1.54. The van der Waals surface area contributed by atoms with Crippen LogP contribution in [0.1, 0.15) is 17.0 Å². The lowest BCUT2D eigenvalue weighted by atomic mass is 10.2. The molecule has 0 saturated carbocycles. The van der Waals surface area contributed by atoms with Gasteiger partial charge in [0.15, 0.2) is 0 Å². The molecule has 5 nitrogen and oxygen atoms in total. The van der Waals surface area contributed by atoms with Gasteiger partial charge in [0.25, 0.3) is 0 Å². The standard InChI is InChI=1S/C22H26N4OS/c1-16-22(17(2)26(24-16)20-8-6-5-7-9-20)28-15-21(27)23-14-18-10-12-19(13-11-18)25(3)4/h5-13H,14-15H2,1-4H3,(H,23,27). The molecule has 6 heteroatoms. The van der Waals surface area contributed by atoms with Gasteiger partial charge >= 0.3 is 0 Å². The van der Waals surface area contributed by atoms with Gasteiger partial charge in [0.1, 0.15) is 0 Å². The van der Waals surface area contributed by atoms with E-state index in [0.29, 0.717) is 12.3 Å². The highest BCUT2D eigenvalue weighted by atomic mass is 32.2. The highest BCUT2D eigenvalue weighted by Crippen LogP contribution is 2.27. The highest BCUT2D eigenvalue weighted by molar-refractivity contribution is 8.00. The number of para-hydroxylation sites is 1. The molecule has 3 aromatic rings. The second-order valence-corrected chi connectivity index (χ2v) is 7.86. The molecule has 2 aromatic carbocycles. The van der Waals surface area contributed by atoms with Gasteiger partial charge in [-0.05, 0) is 43.7 Å². The van der Waals surface area contributed by atoms with Crippen LogP contribution in [0.5, 0.6) is 0 Å². The average Bonchev–Trinajstić information content (AvgIpc) is 2.99. The van der Waals surface area contributed by atoms with Gasteiger partial charge in [0, 0.05) is 26.3 Å². The SMILES string of the molecule is Cc1nn(-c2ccccc2)c(C)c1SCC(=O)NCc1ccc(N(C)C)cc1. The lowest BCUT2D eigenvalue weighted by Crippen LogP contribution is -2.24. The summed E-state index contributed by atoms with van der Waals surface area (Å²) in [6.45, 7) is 4.56. The lowest BCUT2D eigenvalue weighted by Gasteiger charge is -2.13. The maximum atomic E-state index is 12.3. The van der Waals surface area contributed by atoms with E-state index in [1.807, 2.05) is 75.1 Å². The van der Waals surface area contributed by atoms with Crippen molar-refractivity contribution in [3.05, 3.63) is 71.5 Å². The summed E-state index contributed by atoms with van der Waals surface area (Å²) in [6, 6.07) is 18.2. The number of nitrogens with zero attached hydrogens (tertiary/aromatic N) is 3. The first-order valence-electron chi connectivity index (χ1n) is 9.23. The van der Waals surface area contributed by atoms with E-state index >= 15 is 0 Å². The van der Waals surface area contributed by atoms with Gasteiger partial charge in [-0.15, -0.1) is 11.8 Å². The Morgan fingerprint density at radius 1 is 1.07 bits per heavy atom. The minimum atomic E-state index is 0.0212. The van der Waals surface area contributed by atoms with Crippen molar-refractivity contribution in [1.82, 2.24) is 15.1 Å². The molecule has 3 rings (SSSR count). The van der Waals surface area contributed by atoms with Gasteiger partial charge in [0.05, 0.1) is 27.7 Å². The minimum Gasteiger partial charge on any atom is -0.378 e. The largest absolute Gasteiger partial charge is 0.378 e. The number of thioether (sulfide) groups is 1. The molecule has 1 N–H and O–H groups in total. The number of anilines is 1. The van der Waals surface area contributed by atoms with Gasteiger partial charge in [0.2, 0.25) is 5.91 Å². The fraction of sp³-hybridized carbons (Fsp3) is 0.273. The molecule has 1 heterocycles. The molecule has 1 aromatic heterocycles. The first-order chi connectivity index (χ1) is 13.5. The Morgan fingerprint density at radius 2 is 1.75 bits per heavy atom. The third-order valence-electron chi connectivity index (χ3n) is 4.52. The molecule has 0 aliphatic heterocycles. The third-order valence-corrected chi connectivity index (χ3v) is 5.80. The van der Waals surface area contributed by atoms with Crippen molar-refractivity contribution in [3.63, 3.8) is 0 Å². The van der Waals surface area contributed by atoms with Crippen molar-refractivity contribution in [3.8, 4) is 5.69 Å². The van der Waals surface area contributed by atoms with Gasteiger partial charge < -0.3 is 10.2 Å². The summed E-state index contributed by atoms with van der Waals surface area (Å²) in [5, 5.41) is 7.63. The number of benzene rings is 2. The van der Waals surface area contributed by atoms with E-state index in [2.05, 4.69) is 27.4 Å². The zero-order valence-corrected chi connectivity index (χ0v) is 17.6. The zero-order valence-electron chi connectivity index (χ0n) is 16.8. The maximum absolute atomic E-state index is 12.3. The topological polar surface area (TPSA) is 50.2 Å². The molecule has 146 valence electrons. The molecule has 0 bridgehead atoms. The molecule has 1 amide bonds. The van der Waals surface area contributed by atoms with Gasteiger partial charge in [-0.2, -0.15) is 5.10 Å². The molecule has 0 spiro atoms. The number of aromatic nitrogens is 2. The van der Waals surface area contributed by atoms with E-state index in [0.717, 1.165) is 33.2 Å². The fourth-order valence-electron chi connectivity index (χ4n) is 2.96. The average molecular weight is 395 g/mol. The van der Waals surface area contributed by atoms with Crippen molar-refractivity contribution in [1.29, 1.82) is 0 Å². The second kappa shape index (κ2) is 8.97. The molecule has 0 aliphatic carbocycles. The highest BCUT2D eigenvalue weighted by Gasteiger charge is 2.14. The summed E-state index contributed by atoms with van der Waals surface area (Å²) in [7, 11) is 4.02. The lowest BCUT2D eigenvalue weighted by molar-refractivity contribution is -0.118. The quantitative estimate of drug-likeness (QED) is 0.616. The fourth-order valence-corrected chi connectivity index (χ4v) is 3.88. The Balaban J connectivity index is 1.57. The van der Waals surface area contributed by atoms with E-state index in [1.54, 1.807) is 0 Å². The van der Waals surface area contributed by atoms with E-state index in [1.165, 1.54) is 11.8 Å². The van der Waals surface area contributed by atoms with Crippen LogP contribution in [0.25, 0.3) is 5.69 Å². The molecule has 0 radical (unpaired) electrons. The number of nitrogens with one attached hydrogen (secondary N) is 1. The van der Waals surface area contributed by atoms with Crippen LogP contribution in [0.4, 0.5) is 5.69 Å². The normalized spacial score (nSPS) is 10.7. The molecular weight excluding hydrogens is 368 g/mol. The summed E-state index contributed by atoms with van der Waals surface area (Å²) < 4.78 is 1.93. The van der Waals surface area contributed by atoms with Crippen LogP contribution >= 0.6 is 11.8 Å². The monoisotopic (exact) mass is 394 g/mol. The van der Waals surface area contributed by atoms with Crippen molar-refractivity contribution in [2.24, 2.45) is 0 Å². The van der Waals surface area contributed by atoms with Crippen LogP contribution in [-0.2, 0) is 11.3 Å². The number of carbonyl (C=O) groups excluding carboxylic acids is 1. The smallest absolute Gasteiger partial charge is 0.230 e. The molecular formula is C22H26N4OS. The van der Waals surface area contributed by atoms with Gasteiger partial charge in [-0.3, -0.25) is 4.79 Å². The van der Waals surface area contributed by atoms with Crippen molar-refractivity contribution < 1.29 is 4.79 Å². The molecule has 0 aliphatic rings. The van der Waals surface area contributed by atoms with Crippen molar-refractivity contribution in [2.75, 3.05) is 24.7 Å². The van der Waals surface area contributed by atoms with Crippen LogP contribution in [0.3, 0.4) is 0 Å². The van der Waals surface area contributed by atoms with Crippen LogP contribution < -0.4 is 10.2 Å². The number of carbonyl (C=O) groups is 1. The predicted molar refractivity (Wildman–Crippen MR) is 116 cm³/mol. The van der Waals surface area contributed by atoms with Crippen LogP contribution in [-0.4, -0.2) is 35.5 Å². The number of amides is 1. The third kappa shape index (κ3) is 4.75. The van der Waals surface area contributed by atoms with E-state index in [4.69, 9.17) is 0 Å². The van der Waals surface area contributed by atoms with Gasteiger partial charge in [-0.25, -0.2) is 4.68 Å². The first-order valence-corrected chi connectivity index (χ1v) is 10.2. The first kappa shape index (κ1) is 20.0.